The molecule has 1 amide bonds. The van der Waals surface area contributed by atoms with E-state index < -0.39 is 11.4 Å². The molecule has 2 aromatic rings. The standard InChI is InChI=1S/C20H25N3O4/c1-2-17-16(12-22-23(17)13-15-6-4-3-5-7-15)18(24)21-14-20(19(25)26)8-10-27-11-9-20/h3-7,12H,2,8-11,13-14H2,1H3,(H,21,24)(H,25,26). The number of amides is 1. The lowest BCUT2D eigenvalue weighted by Crippen LogP contribution is -2.46. The van der Waals surface area contributed by atoms with E-state index in [1.807, 2.05) is 41.9 Å². The predicted octanol–water partition coefficient (Wildman–Crippen LogP) is 2.10. The molecule has 1 aromatic heterocycles. The van der Waals surface area contributed by atoms with Crippen LogP contribution in [-0.2, 0) is 22.5 Å². The van der Waals surface area contributed by atoms with Crippen molar-refractivity contribution in [1.82, 2.24) is 15.1 Å². The molecule has 0 spiro atoms. The van der Waals surface area contributed by atoms with Gasteiger partial charge in [0.05, 0.1) is 29.4 Å². The quantitative estimate of drug-likeness (QED) is 0.777. The Morgan fingerprint density at radius 1 is 1.26 bits per heavy atom. The molecule has 1 aliphatic rings. The number of hydrogen-bond donors (Lipinski definition) is 2. The maximum atomic E-state index is 12.7. The van der Waals surface area contributed by atoms with Crippen molar-refractivity contribution in [3.63, 3.8) is 0 Å². The van der Waals surface area contributed by atoms with Crippen LogP contribution >= 0.6 is 0 Å². The highest BCUT2D eigenvalue weighted by atomic mass is 16.5. The highest BCUT2D eigenvalue weighted by Crippen LogP contribution is 2.30. The molecule has 0 unspecified atom stereocenters. The number of ether oxygens (including phenoxy) is 1. The average Bonchev–Trinajstić information content (AvgIpc) is 3.10. The lowest BCUT2D eigenvalue weighted by molar-refractivity contribution is -0.154. The van der Waals surface area contributed by atoms with Gasteiger partial charge in [-0.3, -0.25) is 14.3 Å². The van der Waals surface area contributed by atoms with E-state index in [1.165, 1.54) is 0 Å². The third kappa shape index (κ3) is 4.19. The molecule has 7 nitrogen and oxygen atoms in total. The van der Waals surface area contributed by atoms with E-state index in [-0.39, 0.29) is 12.5 Å². The van der Waals surface area contributed by atoms with Crippen LogP contribution in [-0.4, -0.2) is 46.5 Å². The summed E-state index contributed by atoms with van der Waals surface area (Å²) in [6, 6.07) is 9.93. The predicted molar refractivity (Wildman–Crippen MR) is 99.6 cm³/mol. The van der Waals surface area contributed by atoms with Gasteiger partial charge >= 0.3 is 5.97 Å². The third-order valence-corrected chi connectivity index (χ3v) is 5.19. The number of carbonyl (C=O) groups is 2. The van der Waals surface area contributed by atoms with E-state index in [1.54, 1.807) is 6.20 Å². The van der Waals surface area contributed by atoms with Gasteiger partial charge in [0.15, 0.2) is 0 Å². The van der Waals surface area contributed by atoms with Gasteiger partial charge in [0.2, 0.25) is 0 Å². The second-order valence-electron chi connectivity index (χ2n) is 6.88. The van der Waals surface area contributed by atoms with Crippen LogP contribution in [0.15, 0.2) is 36.5 Å². The summed E-state index contributed by atoms with van der Waals surface area (Å²) < 4.78 is 7.10. The van der Waals surface area contributed by atoms with Gasteiger partial charge in [-0.2, -0.15) is 5.10 Å². The van der Waals surface area contributed by atoms with E-state index in [4.69, 9.17) is 4.74 Å². The lowest BCUT2D eigenvalue weighted by atomic mass is 9.80. The Hall–Kier alpha value is -2.67. The Morgan fingerprint density at radius 2 is 1.96 bits per heavy atom. The van der Waals surface area contributed by atoms with Crippen LogP contribution in [0.1, 0.15) is 41.4 Å². The van der Waals surface area contributed by atoms with E-state index in [2.05, 4.69) is 10.4 Å². The highest BCUT2D eigenvalue weighted by Gasteiger charge is 2.40. The maximum Gasteiger partial charge on any atom is 0.311 e. The van der Waals surface area contributed by atoms with Crippen molar-refractivity contribution >= 4 is 11.9 Å². The summed E-state index contributed by atoms with van der Waals surface area (Å²) in [7, 11) is 0. The zero-order valence-electron chi connectivity index (χ0n) is 15.5. The Bertz CT molecular complexity index is 795. The first-order valence-electron chi connectivity index (χ1n) is 9.24. The molecule has 2 heterocycles. The fourth-order valence-corrected chi connectivity index (χ4v) is 3.44. The summed E-state index contributed by atoms with van der Waals surface area (Å²) in [4.78, 5) is 24.4. The Labute approximate surface area is 158 Å². The monoisotopic (exact) mass is 371 g/mol. The number of benzene rings is 1. The molecule has 27 heavy (non-hydrogen) atoms. The fourth-order valence-electron chi connectivity index (χ4n) is 3.44. The molecule has 0 saturated carbocycles. The topological polar surface area (TPSA) is 93.5 Å². The van der Waals surface area contributed by atoms with Gasteiger partial charge in [0.1, 0.15) is 0 Å². The zero-order valence-corrected chi connectivity index (χ0v) is 15.5. The van der Waals surface area contributed by atoms with Gasteiger partial charge in [-0.05, 0) is 24.8 Å². The number of nitrogens with one attached hydrogen (secondary N) is 1. The van der Waals surface area contributed by atoms with Crippen molar-refractivity contribution in [3.8, 4) is 0 Å². The largest absolute Gasteiger partial charge is 0.481 e. The van der Waals surface area contributed by atoms with E-state index in [0.29, 0.717) is 44.6 Å². The van der Waals surface area contributed by atoms with Crippen molar-refractivity contribution in [2.75, 3.05) is 19.8 Å². The zero-order chi connectivity index (χ0) is 19.3. The van der Waals surface area contributed by atoms with Crippen molar-refractivity contribution in [2.24, 2.45) is 5.41 Å². The van der Waals surface area contributed by atoms with Crippen LogP contribution in [0.2, 0.25) is 0 Å². The molecule has 3 rings (SSSR count). The van der Waals surface area contributed by atoms with Crippen molar-refractivity contribution in [1.29, 1.82) is 0 Å². The van der Waals surface area contributed by atoms with Crippen molar-refractivity contribution < 1.29 is 19.4 Å². The molecular formula is C20H25N3O4. The molecule has 1 aromatic carbocycles. The molecular weight excluding hydrogens is 346 g/mol. The maximum absolute atomic E-state index is 12.7. The minimum atomic E-state index is -0.958. The van der Waals surface area contributed by atoms with E-state index in [9.17, 15) is 14.7 Å². The number of carboxylic acid groups (broad SMARTS) is 1. The fraction of sp³-hybridized carbons (Fsp3) is 0.450. The molecule has 1 saturated heterocycles. The van der Waals surface area contributed by atoms with E-state index >= 15 is 0 Å². The number of hydrogen-bond acceptors (Lipinski definition) is 4. The molecule has 1 fully saturated rings. The summed E-state index contributed by atoms with van der Waals surface area (Å²) in [5.74, 6) is -1.17. The summed E-state index contributed by atoms with van der Waals surface area (Å²) in [6.07, 6.45) is 3.02. The SMILES string of the molecule is CCc1c(C(=O)NCC2(C(=O)O)CCOCC2)cnn1Cc1ccccc1. The number of aromatic nitrogens is 2. The second-order valence-corrected chi connectivity index (χ2v) is 6.88. The van der Waals surface area contributed by atoms with Crippen molar-refractivity contribution in [3.05, 3.63) is 53.3 Å². The molecule has 0 aliphatic carbocycles. The molecule has 1 aliphatic heterocycles. The van der Waals surface area contributed by atoms with Crippen LogP contribution in [0.5, 0.6) is 0 Å². The summed E-state index contributed by atoms with van der Waals surface area (Å²) in [5, 5.41) is 16.8. The van der Waals surface area contributed by atoms with Crippen molar-refractivity contribution in [2.45, 2.75) is 32.7 Å². The van der Waals surface area contributed by atoms with Gasteiger partial charge in [0.25, 0.3) is 5.91 Å². The molecule has 0 atom stereocenters. The van der Waals surface area contributed by atoms with Crippen LogP contribution in [0, 0.1) is 5.41 Å². The molecule has 2 N–H and O–H groups in total. The molecule has 7 heteroatoms. The van der Waals surface area contributed by atoms with Crippen LogP contribution in [0.25, 0.3) is 0 Å². The molecule has 144 valence electrons. The summed E-state index contributed by atoms with van der Waals surface area (Å²) in [5.41, 5.74) is 1.49. The van der Waals surface area contributed by atoms with Crippen LogP contribution < -0.4 is 5.32 Å². The number of nitrogens with zero attached hydrogens (tertiary/aromatic N) is 2. The number of aliphatic carboxylic acids is 1. The van der Waals surface area contributed by atoms with Gasteiger partial charge in [0, 0.05) is 19.8 Å². The van der Waals surface area contributed by atoms with Gasteiger partial charge in [-0.25, -0.2) is 0 Å². The minimum Gasteiger partial charge on any atom is -0.481 e. The first kappa shape index (κ1) is 19.1. The third-order valence-electron chi connectivity index (χ3n) is 5.19. The smallest absolute Gasteiger partial charge is 0.311 e. The summed E-state index contributed by atoms with van der Waals surface area (Å²) in [6.45, 7) is 3.46. The van der Waals surface area contributed by atoms with Gasteiger partial charge < -0.3 is 15.2 Å². The van der Waals surface area contributed by atoms with Gasteiger partial charge in [-0.15, -0.1) is 0 Å². The normalized spacial score (nSPS) is 16.0. The number of rotatable bonds is 7. The Morgan fingerprint density at radius 3 is 2.59 bits per heavy atom. The highest BCUT2D eigenvalue weighted by molar-refractivity contribution is 5.95. The first-order chi connectivity index (χ1) is 13.1. The Balaban J connectivity index is 1.72. The lowest BCUT2D eigenvalue weighted by Gasteiger charge is -2.33. The van der Waals surface area contributed by atoms with E-state index in [0.717, 1.165) is 11.3 Å². The average molecular weight is 371 g/mol. The van der Waals surface area contributed by atoms with Crippen LogP contribution in [0.4, 0.5) is 0 Å². The molecule has 0 bridgehead atoms. The van der Waals surface area contributed by atoms with Gasteiger partial charge in [-0.1, -0.05) is 37.3 Å². The minimum absolute atomic E-state index is 0.0948. The summed E-state index contributed by atoms with van der Waals surface area (Å²) >= 11 is 0. The van der Waals surface area contributed by atoms with Crippen LogP contribution in [0.3, 0.4) is 0 Å². The molecule has 0 radical (unpaired) electrons. The second kappa shape index (κ2) is 8.35. The number of carbonyl (C=O) groups excluding carboxylic acids is 1. The first-order valence-corrected chi connectivity index (χ1v) is 9.24. The Kier molecular flexibility index (Phi) is 5.91. The number of carboxylic acids is 1.